The molecule has 1 heterocycles. The van der Waals surface area contributed by atoms with Crippen molar-refractivity contribution in [2.45, 2.75) is 19.2 Å². The molecule has 58 valence electrons. The second kappa shape index (κ2) is 3.21. The van der Waals surface area contributed by atoms with Crippen LogP contribution >= 0.6 is 16.5 Å². The van der Waals surface area contributed by atoms with Crippen molar-refractivity contribution >= 4 is 16.5 Å². The number of rotatable bonds is 0. The maximum absolute atomic E-state index is 2.28. The van der Waals surface area contributed by atoms with E-state index in [0.717, 1.165) is 0 Å². The molecule has 2 unspecified atom stereocenters. The lowest BCUT2D eigenvalue weighted by Crippen LogP contribution is -1.88. The highest BCUT2D eigenvalue weighted by molar-refractivity contribution is 8.11. The van der Waals surface area contributed by atoms with E-state index in [9.17, 15) is 0 Å². The molecule has 0 aromatic heterocycles. The summed E-state index contributed by atoms with van der Waals surface area (Å²) >= 11 is 0. The first kappa shape index (κ1) is 7.71. The highest BCUT2D eigenvalue weighted by Crippen LogP contribution is 2.46. The Labute approximate surface area is 71.2 Å². The van der Waals surface area contributed by atoms with Crippen molar-refractivity contribution < 1.29 is 0 Å². The van der Waals surface area contributed by atoms with E-state index in [1.807, 2.05) is 0 Å². The summed E-state index contributed by atoms with van der Waals surface area (Å²) in [5.74, 6) is 0. The van der Waals surface area contributed by atoms with Crippen molar-refractivity contribution in [3.8, 4) is 0 Å². The lowest BCUT2D eigenvalue weighted by atomic mass is 10.1. The lowest BCUT2D eigenvalue weighted by molar-refractivity contribution is 1.24. The van der Waals surface area contributed by atoms with Gasteiger partial charge in [-0.3, -0.25) is 0 Å². The summed E-state index contributed by atoms with van der Waals surface area (Å²) < 4.78 is 0. The first-order valence-corrected chi connectivity index (χ1v) is 7.32. The van der Waals surface area contributed by atoms with Gasteiger partial charge < -0.3 is 0 Å². The molecule has 0 saturated heterocycles. The number of fused-ring (bicyclic) bond motifs is 2. The Morgan fingerprint density at radius 1 is 1.09 bits per heavy atom. The van der Waals surface area contributed by atoms with Gasteiger partial charge in [-0.15, -0.1) is 0 Å². The Morgan fingerprint density at radius 2 is 1.64 bits per heavy atom. The molecule has 1 aliphatic heterocycles. The van der Waals surface area contributed by atoms with Crippen molar-refractivity contribution in [2.24, 2.45) is 0 Å². The first-order valence-electron chi connectivity index (χ1n) is 3.91. The fourth-order valence-corrected chi connectivity index (χ4v) is 4.72. The predicted molar refractivity (Wildman–Crippen MR) is 55.2 cm³/mol. The fraction of sp³-hybridized carbons (Fsp3) is 0.333. The molecule has 0 N–H and O–H groups in total. The predicted octanol–water partition coefficient (Wildman–Crippen LogP) is 3.28. The monoisotopic (exact) mass is 182 g/mol. The van der Waals surface area contributed by atoms with Crippen molar-refractivity contribution in [2.75, 3.05) is 0 Å². The smallest absolute Gasteiger partial charge is 0.00612 e. The minimum absolute atomic E-state index is 1.17. The highest BCUT2D eigenvalue weighted by atomic mass is 32.0. The average Bonchev–Trinajstić information content (AvgIpc) is 2.17. The zero-order chi connectivity index (χ0) is 7.68. The molecule has 0 radical (unpaired) electrons. The summed E-state index contributed by atoms with van der Waals surface area (Å²) in [7, 11) is 2.34. The molecule has 2 bridgehead atoms. The van der Waals surface area contributed by atoms with Crippen LogP contribution in [-0.4, -0.2) is 0 Å². The van der Waals surface area contributed by atoms with Crippen LogP contribution in [0.15, 0.2) is 18.2 Å². The summed E-state index contributed by atoms with van der Waals surface area (Å²) in [6, 6.07) is 6.77. The van der Waals surface area contributed by atoms with Crippen LogP contribution in [0.3, 0.4) is 0 Å². The Hall–Kier alpha value is 0.0800. The van der Waals surface area contributed by atoms with Crippen LogP contribution in [-0.2, 0) is 12.3 Å². The number of benzene rings is 1. The van der Waals surface area contributed by atoms with E-state index in [4.69, 9.17) is 0 Å². The van der Waals surface area contributed by atoms with Crippen molar-refractivity contribution in [1.29, 1.82) is 0 Å². The normalized spacial score (nSPS) is 20.5. The maximum Gasteiger partial charge on any atom is -0.00612 e. The molecule has 0 amide bonds. The molecule has 1 aliphatic rings. The molecule has 2 heteroatoms. The Bertz CT molecular complexity index is 244. The van der Waals surface area contributed by atoms with Crippen molar-refractivity contribution in [1.82, 2.24) is 0 Å². The molecule has 0 spiro atoms. The minimum Gasteiger partial charge on any atom is -0.0944 e. The minimum atomic E-state index is 1.17. The first-order chi connectivity index (χ1) is 5.38. The van der Waals surface area contributed by atoms with Crippen LogP contribution in [0, 0.1) is 6.92 Å². The van der Waals surface area contributed by atoms with Crippen LogP contribution in [0.2, 0.25) is 0 Å². The van der Waals surface area contributed by atoms with E-state index < -0.39 is 0 Å². The van der Waals surface area contributed by atoms with E-state index >= 15 is 0 Å². The Kier molecular flexibility index (Phi) is 2.25. The third kappa shape index (κ3) is 1.48. The molecular formula is C9H12P2. The molecule has 0 nitrogen and oxygen atoms in total. The largest absolute Gasteiger partial charge is 0.0944 e. The number of hydrogen-bond acceptors (Lipinski definition) is 0. The van der Waals surface area contributed by atoms with Crippen LogP contribution in [0.25, 0.3) is 0 Å². The third-order valence-corrected chi connectivity index (χ3v) is 5.42. The van der Waals surface area contributed by atoms with Crippen LogP contribution in [0.5, 0.6) is 0 Å². The summed E-state index contributed by atoms with van der Waals surface area (Å²) in [5.41, 5.74) is 4.74. The topological polar surface area (TPSA) is 0 Å². The van der Waals surface area contributed by atoms with Gasteiger partial charge in [-0.1, -0.05) is 34.7 Å². The SMILES string of the molecule is Cc1c2cccc1CPPC2. The molecule has 0 fully saturated rings. The van der Waals surface area contributed by atoms with Crippen LogP contribution < -0.4 is 0 Å². The standard InChI is InChI=1S/C9H12P2/c1-7-8-3-2-4-9(7)6-11-10-5-8/h2-4,10-11H,5-6H2,1H3. The molecular weight excluding hydrogens is 170 g/mol. The second-order valence-electron chi connectivity index (χ2n) is 2.91. The van der Waals surface area contributed by atoms with Crippen molar-refractivity contribution in [3.63, 3.8) is 0 Å². The summed E-state index contributed by atoms with van der Waals surface area (Å²) in [5, 5.41) is 0. The van der Waals surface area contributed by atoms with Gasteiger partial charge in [-0.25, -0.2) is 0 Å². The van der Waals surface area contributed by atoms with Crippen LogP contribution in [0.1, 0.15) is 16.7 Å². The van der Waals surface area contributed by atoms with E-state index in [1.54, 1.807) is 16.7 Å². The molecule has 1 aromatic carbocycles. The van der Waals surface area contributed by atoms with Crippen molar-refractivity contribution in [3.05, 3.63) is 34.9 Å². The Morgan fingerprint density at radius 3 is 2.18 bits per heavy atom. The van der Waals surface area contributed by atoms with Gasteiger partial charge in [0.25, 0.3) is 0 Å². The maximum atomic E-state index is 2.28. The molecule has 0 saturated carbocycles. The molecule has 0 aliphatic carbocycles. The van der Waals surface area contributed by atoms with Gasteiger partial charge in [-0.05, 0) is 35.9 Å². The number of hydrogen-bond donors (Lipinski definition) is 0. The third-order valence-electron chi connectivity index (χ3n) is 2.24. The van der Waals surface area contributed by atoms with Gasteiger partial charge in [0.2, 0.25) is 0 Å². The van der Waals surface area contributed by atoms with E-state index in [1.165, 1.54) is 28.9 Å². The molecule has 11 heavy (non-hydrogen) atoms. The summed E-state index contributed by atoms with van der Waals surface area (Å²) in [6.45, 7) is 2.27. The van der Waals surface area contributed by atoms with Gasteiger partial charge in [0, 0.05) is 0 Å². The zero-order valence-corrected chi connectivity index (χ0v) is 8.65. The zero-order valence-electron chi connectivity index (χ0n) is 6.65. The highest BCUT2D eigenvalue weighted by Gasteiger charge is 2.07. The van der Waals surface area contributed by atoms with Gasteiger partial charge in [0.15, 0.2) is 0 Å². The van der Waals surface area contributed by atoms with Gasteiger partial charge >= 0.3 is 0 Å². The molecule has 1 aromatic rings. The lowest BCUT2D eigenvalue weighted by Gasteiger charge is -2.04. The molecule has 2 rings (SSSR count). The summed E-state index contributed by atoms with van der Waals surface area (Å²) in [4.78, 5) is 0. The summed E-state index contributed by atoms with van der Waals surface area (Å²) in [6.07, 6.45) is 2.66. The van der Waals surface area contributed by atoms with Gasteiger partial charge in [-0.2, -0.15) is 0 Å². The fourth-order valence-electron chi connectivity index (χ4n) is 1.44. The van der Waals surface area contributed by atoms with E-state index in [2.05, 4.69) is 25.1 Å². The van der Waals surface area contributed by atoms with E-state index in [-0.39, 0.29) is 0 Å². The Balaban J connectivity index is 2.52. The van der Waals surface area contributed by atoms with Gasteiger partial charge in [0.1, 0.15) is 0 Å². The second-order valence-corrected chi connectivity index (χ2v) is 6.44. The van der Waals surface area contributed by atoms with E-state index in [0.29, 0.717) is 0 Å². The quantitative estimate of drug-likeness (QED) is 0.540. The average molecular weight is 182 g/mol. The van der Waals surface area contributed by atoms with Crippen LogP contribution in [0.4, 0.5) is 0 Å². The molecule has 2 atom stereocenters. The van der Waals surface area contributed by atoms with Gasteiger partial charge in [0.05, 0.1) is 0 Å².